The maximum absolute atomic E-state index is 12.1. The van der Waals surface area contributed by atoms with Crippen LogP contribution in [-0.2, 0) is 6.54 Å². The Morgan fingerprint density at radius 1 is 1.35 bits per heavy atom. The van der Waals surface area contributed by atoms with Crippen molar-refractivity contribution in [3.8, 4) is 0 Å². The summed E-state index contributed by atoms with van der Waals surface area (Å²) in [5, 5.41) is 2.94. The summed E-state index contributed by atoms with van der Waals surface area (Å²) in [5.74, 6) is 0.460. The third kappa shape index (κ3) is 6.22. The number of amides is 1. The molecule has 1 amide bonds. The SMILES string of the molecule is CC(C)(CNC(=O)c1coc(CN)c1)Sc1ccc(Br)cc1.Cl. The smallest absolute Gasteiger partial charge is 0.254 e. The van der Waals surface area contributed by atoms with Crippen molar-refractivity contribution in [2.24, 2.45) is 5.73 Å². The third-order valence-corrected chi connectivity index (χ3v) is 4.73. The Labute approximate surface area is 155 Å². The van der Waals surface area contributed by atoms with E-state index in [0.29, 0.717) is 17.9 Å². The molecule has 0 spiro atoms. The predicted molar refractivity (Wildman–Crippen MR) is 100 cm³/mol. The summed E-state index contributed by atoms with van der Waals surface area (Å²) in [4.78, 5) is 13.3. The van der Waals surface area contributed by atoms with Crippen LogP contribution in [0.25, 0.3) is 0 Å². The molecule has 0 atom stereocenters. The van der Waals surface area contributed by atoms with Crippen LogP contribution >= 0.6 is 40.1 Å². The number of furan rings is 1. The molecule has 126 valence electrons. The van der Waals surface area contributed by atoms with Crippen LogP contribution in [0.4, 0.5) is 0 Å². The minimum Gasteiger partial charge on any atom is -0.467 e. The second kappa shape index (κ2) is 8.78. The molecule has 2 aromatic rings. The summed E-state index contributed by atoms with van der Waals surface area (Å²) in [7, 11) is 0. The normalized spacial score (nSPS) is 11.0. The van der Waals surface area contributed by atoms with Gasteiger partial charge >= 0.3 is 0 Å². The highest BCUT2D eigenvalue weighted by molar-refractivity contribution is 9.10. The minimum atomic E-state index is -0.145. The van der Waals surface area contributed by atoms with Gasteiger partial charge in [-0.25, -0.2) is 0 Å². The zero-order chi connectivity index (χ0) is 16.2. The zero-order valence-corrected chi connectivity index (χ0v) is 16.2. The Morgan fingerprint density at radius 2 is 2.00 bits per heavy atom. The molecule has 0 saturated carbocycles. The summed E-state index contributed by atoms with van der Waals surface area (Å²) >= 11 is 5.15. The van der Waals surface area contributed by atoms with Gasteiger partial charge in [0.15, 0.2) is 0 Å². The number of carbonyl (C=O) groups is 1. The Hall–Kier alpha value is -0.950. The number of hydrogen-bond donors (Lipinski definition) is 2. The second-order valence-electron chi connectivity index (χ2n) is 5.50. The Morgan fingerprint density at radius 3 is 2.57 bits per heavy atom. The van der Waals surface area contributed by atoms with E-state index in [9.17, 15) is 4.79 Å². The van der Waals surface area contributed by atoms with E-state index in [0.717, 1.165) is 9.37 Å². The van der Waals surface area contributed by atoms with Crippen LogP contribution in [0.15, 0.2) is 50.4 Å². The lowest BCUT2D eigenvalue weighted by atomic mass is 10.2. The van der Waals surface area contributed by atoms with Gasteiger partial charge in [0.25, 0.3) is 5.91 Å². The molecule has 3 N–H and O–H groups in total. The van der Waals surface area contributed by atoms with Crippen LogP contribution < -0.4 is 11.1 Å². The summed E-state index contributed by atoms with van der Waals surface area (Å²) in [6.45, 7) is 5.04. The number of halogens is 2. The van der Waals surface area contributed by atoms with Gasteiger partial charge in [0.2, 0.25) is 0 Å². The van der Waals surface area contributed by atoms with E-state index in [1.807, 2.05) is 12.1 Å². The van der Waals surface area contributed by atoms with Gasteiger partial charge in [0.1, 0.15) is 12.0 Å². The van der Waals surface area contributed by atoms with Crippen molar-refractivity contribution in [3.63, 3.8) is 0 Å². The molecule has 4 nitrogen and oxygen atoms in total. The average molecular weight is 420 g/mol. The van der Waals surface area contributed by atoms with Gasteiger partial charge < -0.3 is 15.5 Å². The fourth-order valence-corrected chi connectivity index (χ4v) is 3.18. The highest BCUT2D eigenvalue weighted by Gasteiger charge is 2.21. The number of nitrogens with two attached hydrogens (primary N) is 1. The number of carbonyl (C=O) groups excluding carboxylic acids is 1. The molecule has 7 heteroatoms. The van der Waals surface area contributed by atoms with Gasteiger partial charge in [-0.15, -0.1) is 24.2 Å². The third-order valence-electron chi connectivity index (χ3n) is 3.00. The number of rotatable bonds is 6. The van der Waals surface area contributed by atoms with Crippen molar-refractivity contribution in [3.05, 3.63) is 52.4 Å². The van der Waals surface area contributed by atoms with Crippen LogP contribution in [0.5, 0.6) is 0 Å². The van der Waals surface area contributed by atoms with Crippen molar-refractivity contribution in [2.45, 2.75) is 30.0 Å². The Bertz CT molecular complexity index is 644. The first-order valence-corrected chi connectivity index (χ1v) is 8.51. The quantitative estimate of drug-likeness (QED) is 0.688. The molecule has 0 saturated heterocycles. The molecule has 0 aliphatic rings. The highest BCUT2D eigenvalue weighted by atomic mass is 79.9. The fraction of sp³-hybridized carbons (Fsp3) is 0.312. The molecular weight excluding hydrogens is 400 g/mol. The predicted octanol–water partition coefficient (Wildman–Crippen LogP) is 4.22. The summed E-state index contributed by atoms with van der Waals surface area (Å²) < 4.78 is 6.11. The average Bonchev–Trinajstić information content (AvgIpc) is 2.96. The van der Waals surface area contributed by atoms with E-state index in [2.05, 4.69) is 47.2 Å². The summed E-state index contributed by atoms with van der Waals surface area (Å²) in [6, 6.07) is 9.81. The molecule has 0 unspecified atom stereocenters. The molecule has 1 aromatic heterocycles. The Kier molecular flexibility index (Phi) is 7.67. The molecule has 0 aliphatic heterocycles. The van der Waals surface area contributed by atoms with Crippen LogP contribution in [0.1, 0.15) is 30.0 Å². The minimum absolute atomic E-state index is 0. The van der Waals surface area contributed by atoms with E-state index in [1.165, 1.54) is 6.26 Å². The monoisotopic (exact) mass is 418 g/mol. The van der Waals surface area contributed by atoms with Crippen molar-refractivity contribution >= 4 is 46.0 Å². The standard InChI is InChI=1S/C16H19BrN2O2S.ClH/c1-16(2,22-14-5-3-12(17)4-6-14)10-19-15(20)11-7-13(8-18)21-9-11;/h3-7,9H,8,10,18H2,1-2H3,(H,19,20);1H. The van der Waals surface area contributed by atoms with Gasteiger partial charge in [-0.1, -0.05) is 15.9 Å². The van der Waals surface area contributed by atoms with E-state index in [4.69, 9.17) is 10.2 Å². The summed E-state index contributed by atoms with van der Waals surface area (Å²) in [5.41, 5.74) is 5.98. The van der Waals surface area contributed by atoms with E-state index < -0.39 is 0 Å². The first-order chi connectivity index (χ1) is 10.4. The first-order valence-electron chi connectivity index (χ1n) is 6.90. The van der Waals surface area contributed by atoms with E-state index >= 15 is 0 Å². The molecular formula is C16H20BrClN2O2S. The molecule has 1 aromatic carbocycles. The lowest BCUT2D eigenvalue weighted by Crippen LogP contribution is -2.36. The number of benzene rings is 1. The number of hydrogen-bond acceptors (Lipinski definition) is 4. The molecule has 1 heterocycles. The highest BCUT2D eigenvalue weighted by Crippen LogP contribution is 2.32. The van der Waals surface area contributed by atoms with Crippen molar-refractivity contribution in [1.29, 1.82) is 0 Å². The van der Waals surface area contributed by atoms with Crippen LogP contribution in [-0.4, -0.2) is 17.2 Å². The zero-order valence-electron chi connectivity index (χ0n) is 13.0. The number of thioether (sulfide) groups is 1. The van der Waals surface area contributed by atoms with Crippen LogP contribution in [0.2, 0.25) is 0 Å². The molecule has 2 rings (SSSR count). The van der Waals surface area contributed by atoms with Gasteiger partial charge in [-0.05, 0) is 44.2 Å². The molecule has 23 heavy (non-hydrogen) atoms. The van der Waals surface area contributed by atoms with Crippen molar-refractivity contribution in [1.82, 2.24) is 5.32 Å². The molecule has 0 bridgehead atoms. The van der Waals surface area contributed by atoms with Gasteiger partial charge in [0.05, 0.1) is 12.1 Å². The largest absolute Gasteiger partial charge is 0.467 e. The lowest BCUT2D eigenvalue weighted by Gasteiger charge is -2.24. The topological polar surface area (TPSA) is 68.3 Å². The van der Waals surface area contributed by atoms with Gasteiger partial charge in [-0.3, -0.25) is 4.79 Å². The van der Waals surface area contributed by atoms with Crippen LogP contribution in [0.3, 0.4) is 0 Å². The maximum atomic E-state index is 12.1. The fourth-order valence-electron chi connectivity index (χ4n) is 1.86. The molecule has 0 radical (unpaired) electrons. The van der Waals surface area contributed by atoms with E-state index in [-0.39, 0.29) is 29.6 Å². The van der Waals surface area contributed by atoms with Crippen molar-refractivity contribution in [2.75, 3.05) is 6.54 Å². The van der Waals surface area contributed by atoms with Gasteiger partial charge in [0, 0.05) is 20.7 Å². The van der Waals surface area contributed by atoms with E-state index in [1.54, 1.807) is 17.8 Å². The first kappa shape index (κ1) is 20.1. The molecule has 0 fully saturated rings. The van der Waals surface area contributed by atoms with Crippen molar-refractivity contribution < 1.29 is 9.21 Å². The Balaban J connectivity index is 0.00000264. The molecule has 0 aliphatic carbocycles. The van der Waals surface area contributed by atoms with Crippen LogP contribution in [0, 0.1) is 0 Å². The lowest BCUT2D eigenvalue weighted by molar-refractivity contribution is 0.0950. The maximum Gasteiger partial charge on any atom is 0.254 e. The summed E-state index contributed by atoms with van der Waals surface area (Å²) in [6.07, 6.45) is 1.44. The number of nitrogens with one attached hydrogen (secondary N) is 1. The second-order valence-corrected chi connectivity index (χ2v) is 8.20. The van der Waals surface area contributed by atoms with Gasteiger partial charge in [-0.2, -0.15) is 0 Å².